The Morgan fingerprint density at radius 1 is 1.05 bits per heavy atom. The molecule has 1 heterocycles. The fourth-order valence-electron chi connectivity index (χ4n) is 3.48. The third-order valence-corrected chi connectivity index (χ3v) is 4.67. The van der Waals surface area contributed by atoms with Crippen molar-refractivity contribution < 1.29 is 9.59 Å². The lowest BCUT2D eigenvalue weighted by molar-refractivity contribution is -0.119. The predicted molar refractivity (Wildman–Crippen MR) is 84.6 cm³/mol. The average molecular weight is 301 g/mol. The Morgan fingerprint density at radius 3 is 2.50 bits per heavy atom. The molecule has 5 heteroatoms. The van der Waals surface area contributed by atoms with E-state index in [4.69, 9.17) is 5.73 Å². The highest BCUT2D eigenvalue weighted by atomic mass is 16.2. The van der Waals surface area contributed by atoms with Gasteiger partial charge in [-0.3, -0.25) is 14.5 Å². The highest BCUT2D eigenvalue weighted by Gasteiger charge is 2.25. The second-order valence-electron chi connectivity index (χ2n) is 6.19. The maximum Gasteiger partial charge on any atom is 0.254 e. The first-order valence-electron chi connectivity index (χ1n) is 8.06. The van der Waals surface area contributed by atoms with Gasteiger partial charge in [-0.15, -0.1) is 0 Å². The van der Waals surface area contributed by atoms with Crippen LogP contribution in [-0.4, -0.2) is 54.3 Å². The van der Waals surface area contributed by atoms with Crippen LogP contribution in [0.3, 0.4) is 0 Å². The third-order valence-electron chi connectivity index (χ3n) is 4.67. The fraction of sp³-hybridized carbons (Fsp3) is 0.529. The first kappa shape index (κ1) is 15.0. The molecular weight excluding hydrogens is 278 g/mol. The Labute approximate surface area is 131 Å². The molecule has 0 spiro atoms. The normalized spacial score (nSPS) is 18.8. The van der Waals surface area contributed by atoms with E-state index in [0.29, 0.717) is 26.2 Å². The minimum absolute atomic E-state index is 0.137. The molecule has 1 fully saturated rings. The molecule has 1 aromatic carbocycles. The van der Waals surface area contributed by atoms with E-state index >= 15 is 0 Å². The molecule has 118 valence electrons. The zero-order valence-electron chi connectivity index (χ0n) is 12.9. The summed E-state index contributed by atoms with van der Waals surface area (Å²) in [4.78, 5) is 27.7. The largest absolute Gasteiger partial charge is 0.369 e. The minimum atomic E-state index is -0.308. The molecule has 1 aliphatic heterocycles. The smallest absolute Gasteiger partial charge is 0.254 e. The first-order chi connectivity index (χ1) is 10.6. The van der Waals surface area contributed by atoms with Gasteiger partial charge in [-0.25, -0.2) is 0 Å². The Hall–Kier alpha value is -1.88. The van der Waals surface area contributed by atoms with Crippen molar-refractivity contribution in [2.45, 2.75) is 25.7 Å². The van der Waals surface area contributed by atoms with Crippen molar-refractivity contribution >= 4 is 11.8 Å². The van der Waals surface area contributed by atoms with Crippen molar-refractivity contribution in [2.75, 3.05) is 32.7 Å². The lowest BCUT2D eigenvalue weighted by Crippen LogP contribution is -2.50. The standard InChI is InChI=1S/C17H23N3O2/c18-16(21)12-19-8-10-20(11-9-19)17(22)15-7-3-5-13-4-1-2-6-14(13)15/h3,5,7H,1-2,4,6,8-12H2,(H2,18,21). The van der Waals surface area contributed by atoms with Gasteiger partial charge in [0, 0.05) is 31.7 Å². The number of hydrogen-bond donors (Lipinski definition) is 1. The lowest BCUT2D eigenvalue weighted by Gasteiger charge is -2.34. The first-order valence-corrected chi connectivity index (χ1v) is 8.06. The monoisotopic (exact) mass is 301 g/mol. The highest BCUT2D eigenvalue weighted by molar-refractivity contribution is 5.96. The summed E-state index contributed by atoms with van der Waals surface area (Å²) < 4.78 is 0. The Bertz CT molecular complexity index is 577. The number of carbonyl (C=O) groups is 2. The van der Waals surface area contributed by atoms with E-state index in [-0.39, 0.29) is 18.4 Å². The van der Waals surface area contributed by atoms with Gasteiger partial charge in [0.05, 0.1) is 6.54 Å². The van der Waals surface area contributed by atoms with Crippen molar-refractivity contribution in [1.82, 2.24) is 9.80 Å². The van der Waals surface area contributed by atoms with Crippen LogP contribution in [0, 0.1) is 0 Å². The van der Waals surface area contributed by atoms with Crippen LogP contribution in [0.25, 0.3) is 0 Å². The topological polar surface area (TPSA) is 66.6 Å². The number of nitrogens with zero attached hydrogens (tertiary/aromatic N) is 2. The summed E-state index contributed by atoms with van der Waals surface area (Å²) >= 11 is 0. The average Bonchev–Trinajstić information content (AvgIpc) is 2.54. The minimum Gasteiger partial charge on any atom is -0.369 e. The molecule has 1 aromatic rings. The number of carbonyl (C=O) groups excluding carboxylic acids is 2. The Balaban J connectivity index is 1.69. The van der Waals surface area contributed by atoms with E-state index in [9.17, 15) is 9.59 Å². The molecule has 0 unspecified atom stereocenters. The predicted octanol–water partition coefficient (Wildman–Crippen LogP) is 0.809. The third kappa shape index (κ3) is 3.14. The maximum absolute atomic E-state index is 12.8. The number of primary amides is 1. The van der Waals surface area contributed by atoms with E-state index in [1.165, 1.54) is 24.0 Å². The van der Waals surface area contributed by atoms with Crippen molar-refractivity contribution in [2.24, 2.45) is 5.73 Å². The number of piperazine rings is 1. The zero-order valence-corrected chi connectivity index (χ0v) is 12.9. The van der Waals surface area contributed by atoms with Gasteiger partial charge in [0.2, 0.25) is 5.91 Å². The van der Waals surface area contributed by atoms with Crippen LogP contribution >= 0.6 is 0 Å². The zero-order chi connectivity index (χ0) is 15.5. The SMILES string of the molecule is NC(=O)CN1CCN(C(=O)c2cccc3c2CCCC3)CC1. The van der Waals surface area contributed by atoms with Gasteiger partial charge in [-0.1, -0.05) is 12.1 Å². The fourth-order valence-corrected chi connectivity index (χ4v) is 3.48. The Morgan fingerprint density at radius 2 is 1.77 bits per heavy atom. The molecule has 5 nitrogen and oxygen atoms in total. The number of benzene rings is 1. The molecule has 22 heavy (non-hydrogen) atoms. The van der Waals surface area contributed by atoms with Gasteiger partial charge in [0.25, 0.3) is 5.91 Å². The number of hydrogen-bond acceptors (Lipinski definition) is 3. The summed E-state index contributed by atoms with van der Waals surface area (Å²) in [5, 5.41) is 0. The van der Waals surface area contributed by atoms with Crippen molar-refractivity contribution in [3.8, 4) is 0 Å². The number of fused-ring (bicyclic) bond motifs is 1. The van der Waals surface area contributed by atoms with Crippen LogP contribution in [0.1, 0.15) is 34.3 Å². The van der Waals surface area contributed by atoms with Crippen LogP contribution in [-0.2, 0) is 17.6 Å². The molecule has 0 radical (unpaired) electrons. The highest BCUT2D eigenvalue weighted by Crippen LogP contribution is 2.25. The number of rotatable bonds is 3. The molecule has 0 bridgehead atoms. The van der Waals surface area contributed by atoms with Crippen molar-refractivity contribution in [3.05, 3.63) is 34.9 Å². The van der Waals surface area contributed by atoms with Gasteiger partial charge >= 0.3 is 0 Å². The Kier molecular flexibility index (Phi) is 4.43. The van der Waals surface area contributed by atoms with Gasteiger partial charge in [0.15, 0.2) is 0 Å². The molecule has 2 amide bonds. The summed E-state index contributed by atoms with van der Waals surface area (Å²) in [6.07, 6.45) is 4.49. The molecule has 0 saturated carbocycles. The summed E-state index contributed by atoms with van der Waals surface area (Å²) in [6, 6.07) is 6.11. The summed E-state index contributed by atoms with van der Waals surface area (Å²) in [5.41, 5.74) is 8.69. The van der Waals surface area contributed by atoms with E-state index in [0.717, 1.165) is 18.4 Å². The maximum atomic E-state index is 12.8. The van der Waals surface area contributed by atoms with Gasteiger partial charge in [-0.05, 0) is 42.9 Å². The second kappa shape index (κ2) is 6.48. The van der Waals surface area contributed by atoms with Gasteiger partial charge in [0.1, 0.15) is 0 Å². The van der Waals surface area contributed by atoms with Crippen LogP contribution in [0.15, 0.2) is 18.2 Å². The number of nitrogens with two attached hydrogens (primary N) is 1. The summed E-state index contributed by atoms with van der Waals surface area (Å²) in [5.74, 6) is -0.172. The van der Waals surface area contributed by atoms with Crippen LogP contribution < -0.4 is 5.73 Å². The molecule has 3 rings (SSSR count). The molecular formula is C17H23N3O2. The number of aryl methyl sites for hydroxylation is 1. The molecule has 2 aliphatic rings. The van der Waals surface area contributed by atoms with Crippen molar-refractivity contribution in [3.63, 3.8) is 0 Å². The molecule has 0 atom stereocenters. The molecule has 2 N–H and O–H groups in total. The van der Waals surface area contributed by atoms with Crippen LogP contribution in [0.4, 0.5) is 0 Å². The second-order valence-corrected chi connectivity index (χ2v) is 6.19. The van der Waals surface area contributed by atoms with E-state index < -0.39 is 0 Å². The summed E-state index contributed by atoms with van der Waals surface area (Å²) in [6.45, 7) is 3.03. The molecule has 0 aromatic heterocycles. The summed E-state index contributed by atoms with van der Waals surface area (Å²) in [7, 11) is 0. The number of amides is 2. The quantitative estimate of drug-likeness (QED) is 0.898. The molecule has 1 saturated heterocycles. The van der Waals surface area contributed by atoms with Gasteiger partial charge < -0.3 is 10.6 Å². The van der Waals surface area contributed by atoms with Crippen LogP contribution in [0.2, 0.25) is 0 Å². The lowest BCUT2D eigenvalue weighted by atomic mass is 9.88. The molecule has 1 aliphatic carbocycles. The van der Waals surface area contributed by atoms with E-state index in [1.807, 2.05) is 21.9 Å². The van der Waals surface area contributed by atoms with E-state index in [1.54, 1.807) is 0 Å². The van der Waals surface area contributed by atoms with E-state index in [2.05, 4.69) is 6.07 Å². The van der Waals surface area contributed by atoms with Crippen LogP contribution in [0.5, 0.6) is 0 Å². The van der Waals surface area contributed by atoms with Gasteiger partial charge in [-0.2, -0.15) is 0 Å². The van der Waals surface area contributed by atoms with Crippen molar-refractivity contribution in [1.29, 1.82) is 0 Å².